The van der Waals surface area contributed by atoms with Gasteiger partial charge in [-0.2, -0.15) is 0 Å². The fraction of sp³-hybridized carbons (Fsp3) is 0.0714. The van der Waals surface area contributed by atoms with Crippen LogP contribution in [-0.2, 0) is 0 Å². The zero-order valence-electron chi connectivity index (χ0n) is 9.34. The number of benzene rings is 2. The van der Waals surface area contributed by atoms with E-state index in [1.807, 2.05) is 18.2 Å². The minimum absolute atomic E-state index is 0.404. The van der Waals surface area contributed by atoms with Gasteiger partial charge in [-0.15, -0.1) is 0 Å². The standard InChI is InChI=1S/C14H11NOS/c1-9-3-2-4-10(7-9)11-5-6-13-12(8-11)15-14(17)16-13/h2-8H,1H3,(H,15,17). The van der Waals surface area contributed by atoms with Crippen molar-refractivity contribution in [3.63, 3.8) is 0 Å². The van der Waals surface area contributed by atoms with Gasteiger partial charge in [-0.1, -0.05) is 48.5 Å². The smallest absolute Gasteiger partial charge is 0.253 e. The highest BCUT2D eigenvalue weighted by Gasteiger charge is 2.05. The molecule has 0 atom stereocenters. The molecule has 0 N–H and O–H groups in total. The predicted octanol–water partition coefficient (Wildman–Crippen LogP) is 4.09. The molecule has 1 heterocycles. The van der Waals surface area contributed by atoms with Crippen molar-refractivity contribution in [2.75, 3.05) is 0 Å². The van der Waals surface area contributed by atoms with Crippen molar-refractivity contribution in [1.29, 1.82) is 0 Å². The number of oxazole rings is 1. The zero-order chi connectivity index (χ0) is 11.8. The Labute approximate surface area is 105 Å². The molecule has 2 nitrogen and oxygen atoms in total. The van der Waals surface area contributed by atoms with E-state index < -0.39 is 0 Å². The minimum atomic E-state index is 0.404. The lowest BCUT2D eigenvalue weighted by atomic mass is 10.0. The van der Waals surface area contributed by atoms with Crippen molar-refractivity contribution < 1.29 is 4.42 Å². The summed E-state index contributed by atoms with van der Waals surface area (Å²) in [5.74, 6) is 0. The summed E-state index contributed by atoms with van der Waals surface area (Å²) in [5.41, 5.74) is 5.19. The Morgan fingerprint density at radius 3 is 2.71 bits per heavy atom. The van der Waals surface area contributed by atoms with Crippen LogP contribution in [0.15, 0.2) is 52.1 Å². The average molecular weight is 241 g/mol. The summed E-state index contributed by atoms with van der Waals surface area (Å²) < 4.78 is 5.34. The molecule has 0 radical (unpaired) electrons. The van der Waals surface area contributed by atoms with Crippen molar-refractivity contribution in [2.24, 2.45) is 0 Å². The van der Waals surface area contributed by atoms with Crippen LogP contribution < -0.4 is 0 Å². The van der Waals surface area contributed by atoms with E-state index in [0.717, 1.165) is 16.7 Å². The Morgan fingerprint density at radius 1 is 1.06 bits per heavy atom. The van der Waals surface area contributed by atoms with Crippen molar-refractivity contribution in [1.82, 2.24) is 4.98 Å². The lowest BCUT2D eigenvalue weighted by Gasteiger charge is -2.02. The summed E-state index contributed by atoms with van der Waals surface area (Å²) >= 11 is 4.10. The topological polar surface area (TPSA) is 26.0 Å². The average Bonchev–Trinajstić information content (AvgIpc) is 2.68. The number of rotatable bonds is 1. The van der Waals surface area contributed by atoms with Crippen molar-refractivity contribution in [3.05, 3.63) is 48.0 Å². The zero-order valence-corrected chi connectivity index (χ0v) is 10.2. The van der Waals surface area contributed by atoms with Gasteiger partial charge in [-0.05, 0) is 30.2 Å². The van der Waals surface area contributed by atoms with Gasteiger partial charge in [-0.25, -0.2) is 4.98 Å². The van der Waals surface area contributed by atoms with E-state index in [1.165, 1.54) is 11.1 Å². The number of aryl methyl sites for hydroxylation is 1. The number of hydrogen-bond acceptors (Lipinski definition) is 3. The van der Waals surface area contributed by atoms with Gasteiger partial charge in [0.25, 0.3) is 5.22 Å². The van der Waals surface area contributed by atoms with Gasteiger partial charge in [0, 0.05) is 0 Å². The van der Waals surface area contributed by atoms with Crippen LogP contribution >= 0.6 is 12.6 Å². The molecule has 3 heteroatoms. The van der Waals surface area contributed by atoms with Crippen LogP contribution in [0, 0.1) is 6.92 Å². The molecule has 3 rings (SSSR count). The second-order valence-electron chi connectivity index (χ2n) is 4.05. The normalized spacial score (nSPS) is 10.9. The molecule has 0 bridgehead atoms. The van der Waals surface area contributed by atoms with E-state index in [2.05, 4.69) is 48.8 Å². The molecule has 17 heavy (non-hydrogen) atoms. The lowest BCUT2D eigenvalue weighted by molar-refractivity contribution is 0.492. The van der Waals surface area contributed by atoms with Crippen LogP contribution in [0.1, 0.15) is 5.56 Å². The van der Waals surface area contributed by atoms with Crippen molar-refractivity contribution in [2.45, 2.75) is 12.1 Å². The van der Waals surface area contributed by atoms with E-state index in [0.29, 0.717) is 5.22 Å². The van der Waals surface area contributed by atoms with Crippen LogP contribution in [0.4, 0.5) is 0 Å². The van der Waals surface area contributed by atoms with Gasteiger partial charge in [-0.3, -0.25) is 0 Å². The molecule has 0 saturated heterocycles. The Balaban J connectivity index is 2.17. The molecule has 0 aliphatic rings. The van der Waals surface area contributed by atoms with E-state index >= 15 is 0 Å². The number of hydrogen-bond donors (Lipinski definition) is 1. The third-order valence-corrected chi connectivity index (χ3v) is 2.92. The van der Waals surface area contributed by atoms with E-state index in [1.54, 1.807) is 0 Å². The molecule has 2 aromatic carbocycles. The van der Waals surface area contributed by atoms with Crippen molar-refractivity contribution >= 4 is 23.7 Å². The summed E-state index contributed by atoms with van der Waals surface area (Å²) in [7, 11) is 0. The Morgan fingerprint density at radius 2 is 1.88 bits per heavy atom. The van der Waals surface area contributed by atoms with Crippen molar-refractivity contribution in [3.8, 4) is 11.1 Å². The fourth-order valence-electron chi connectivity index (χ4n) is 1.92. The first-order valence-corrected chi connectivity index (χ1v) is 5.84. The van der Waals surface area contributed by atoms with Gasteiger partial charge >= 0.3 is 0 Å². The van der Waals surface area contributed by atoms with Crippen LogP contribution in [0.5, 0.6) is 0 Å². The summed E-state index contributed by atoms with van der Waals surface area (Å²) in [6, 6.07) is 14.4. The third-order valence-electron chi connectivity index (χ3n) is 2.73. The molecule has 0 amide bonds. The lowest BCUT2D eigenvalue weighted by Crippen LogP contribution is -1.79. The van der Waals surface area contributed by atoms with Crippen LogP contribution in [-0.4, -0.2) is 4.98 Å². The van der Waals surface area contributed by atoms with Gasteiger partial charge in [0.1, 0.15) is 5.52 Å². The summed E-state index contributed by atoms with van der Waals surface area (Å²) in [6.45, 7) is 2.09. The van der Waals surface area contributed by atoms with Crippen LogP contribution in [0.3, 0.4) is 0 Å². The second-order valence-corrected chi connectivity index (χ2v) is 4.43. The molecule has 3 aromatic rings. The second kappa shape index (κ2) is 3.93. The Kier molecular flexibility index (Phi) is 2.41. The summed E-state index contributed by atoms with van der Waals surface area (Å²) in [6.07, 6.45) is 0. The fourth-order valence-corrected chi connectivity index (χ4v) is 2.13. The first kappa shape index (κ1) is 10.4. The Hall–Kier alpha value is -1.74. The molecular formula is C14H11NOS. The van der Waals surface area contributed by atoms with Gasteiger partial charge in [0.15, 0.2) is 5.58 Å². The summed E-state index contributed by atoms with van der Waals surface area (Å²) in [4.78, 5) is 4.22. The number of thiol groups is 1. The number of aromatic nitrogens is 1. The van der Waals surface area contributed by atoms with Crippen LogP contribution in [0.2, 0.25) is 0 Å². The maximum atomic E-state index is 5.34. The molecule has 0 saturated carbocycles. The van der Waals surface area contributed by atoms with E-state index in [4.69, 9.17) is 4.42 Å². The summed E-state index contributed by atoms with van der Waals surface area (Å²) in [5, 5.41) is 0.404. The molecular weight excluding hydrogens is 230 g/mol. The monoisotopic (exact) mass is 241 g/mol. The van der Waals surface area contributed by atoms with E-state index in [-0.39, 0.29) is 0 Å². The highest BCUT2D eigenvalue weighted by molar-refractivity contribution is 7.80. The number of nitrogens with zero attached hydrogens (tertiary/aromatic N) is 1. The minimum Gasteiger partial charge on any atom is -0.432 e. The predicted molar refractivity (Wildman–Crippen MR) is 71.4 cm³/mol. The Bertz CT molecular complexity index is 688. The molecule has 0 fully saturated rings. The maximum absolute atomic E-state index is 5.34. The first-order chi connectivity index (χ1) is 8.22. The van der Waals surface area contributed by atoms with Gasteiger partial charge < -0.3 is 4.42 Å². The molecule has 0 aliphatic heterocycles. The van der Waals surface area contributed by atoms with Crippen LogP contribution in [0.25, 0.3) is 22.2 Å². The largest absolute Gasteiger partial charge is 0.432 e. The SMILES string of the molecule is Cc1cccc(-c2ccc3oc(S)nc3c2)c1. The van der Waals surface area contributed by atoms with Gasteiger partial charge in [0.05, 0.1) is 0 Å². The first-order valence-electron chi connectivity index (χ1n) is 5.39. The highest BCUT2D eigenvalue weighted by atomic mass is 32.1. The molecule has 1 aromatic heterocycles. The molecule has 0 aliphatic carbocycles. The van der Waals surface area contributed by atoms with E-state index in [9.17, 15) is 0 Å². The third kappa shape index (κ3) is 1.94. The maximum Gasteiger partial charge on any atom is 0.253 e. The quantitative estimate of drug-likeness (QED) is 0.649. The number of fused-ring (bicyclic) bond motifs is 1. The molecule has 0 unspecified atom stereocenters. The highest BCUT2D eigenvalue weighted by Crippen LogP contribution is 2.26. The molecule has 84 valence electrons. The van der Waals surface area contributed by atoms with Gasteiger partial charge in [0.2, 0.25) is 0 Å². The molecule has 0 spiro atoms.